The summed E-state index contributed by atoms with van der Waals surface area (Å²) in [6, 6.07) is 4.26. The number of carbonyl (C=O) groups excluding carboxylic acids is 1. The number of rotatable bonds is 9. The lowest BCUT2D eigenvalue weighted by Crippen LogP contribution is -2.37. The monoisotopic (exact) mass is 530 g/mol. The van der Waals surface area contributed by atoms with Gasteiger partial charge in [-0.3, -0.25) is 14.3 Å². The van der Waals surface area contributed by atoms with Crippen LogP contribution in [0.25, 0.3) is 22.4 Å². The van der Waals surface area contributed by atoms with Crippen molar-refractivity contribution in [2.45, 2.75) is 45.4 Å². The van der Waals surface area contributed by atoms with E-state index in [4.69, 9.17) is 4.74 Å². The quantitative estimate of drug-likeness (QED) is 0.429. The van der Waals surface area contributed by atoms with Gasteiger partial charge in [0, 0.05) is 13.6 Å². The van der Waals surface area contributed by atoms with Crippen molar-refractivity contribution in [1.82, 2.24) is 29.4 Å². The number of carbonyl (C=O) groups is 1. The second-order valence-corrected chi connectivity index (χ2v) is 11.4. The van der Waals surface area contributed by atoms with Crippen molar-refractivity contribution in [1.29, 1.82) is 0 Å². The number of likely N-dealkylation sites (tertiary alicyclic amines) is 1. The summed E-state index contributed by atoms with van der Waals surface area (Å²) in [5, 5.41) is 4.48. The van der Waals surface area contributed by atoms with Gasteiger partial charge in [0.25, 0.3) is 15.6 Å². The topological polar surface area (TPSA) is 139 Å². The van der Waals surface area contributed by atoms with E-state index >= 15 is 0 Å². The highest BCUT2D eigenvalue weighted by molar-refractivity contribution is 7.90. The molecule has 0 spiro atoms. The smallest absolute Gasteiger partial charge is 0.277 e. The van der Waals surface area contributed by atoms with E-state index in [1.807, 2.05) is 6.92 Å². The third-order valence-corrected chi connectivity index (χ3v) is 7.85. The zero-order valence-corrected chi connectivity index (χ0v) is 22.7. The van der Waals surface area contributed by atoms with E-state index in [1.54, 1.807) is 14.0 Å². The highest BCUT2D eigenvalue weighted by Crippen LogP contribution is 2.31. The number of ether oxygens (including phenoxy) is 1. The van der Waals surface area contributed by atoms with Crippen molar-refractivity contribution in [3.05, 3.63) is 34.2 Å². The van der Waals surface area contributed by atoms with E-state index in [9.17, 15) is 18.0 Å². The molecule has 3 heterocycles. The normalized spacial score (nSPS) is 16.5. The van der Waals surface area contributed by atoms with Gasteiger partial charge in [-0.15, -0.1) is 0 Å². The Kier molecular flexibility index (Phi) is 7.69. The van der Waals surface area contributed by atoms with Gasteiger partial charge in [-0.1, -0.05) is 20.8 Å². The molecule has 1 aromatic carbocycles. The van der Waals surface area contributed by atoms with Crippen LogP contribution in [0.3, 0.4) is 0 Å². The average molecular weight is 531 g/mol. The Hall–Kier alpha value is -3.25. The highest BCUT2D eigenvalue weighted by atomic mass is 32.2. The number of aryl methyl sites for hydroxylation is 1. The first kappa shape index (κ1) is 26.8. The summed E-state index contributed by atoms with van der Waals surface area (Å²) in [5.41, 5.74) is 1.39. The number of aromatic amines is 1. The molecule has 37 heavy (non-hydrogen) atoms. The molecule has 0 saturated carbocycles. The van der Waals surface area contributed by atoms with E-state index in [2.05, 4.69) is 38.5 Å². The Morgan fingerprint density at radius 3 is 2.70 bits per heavy atom. The molecule has 1 unspecified atom stereocenters. The van der Waals surface area contributed by atoms with Crippen LogP contribution < -0.4 is 15.0 Å². The molecule has 2 aromatic heterocycles. The molecule has 1 amide bonds. The number of nitrogens with one attached hydrogen (secondary N) is 2. The van der Waals surface area contributed by atoms with Crippen LogP contribution in [0.15, 0.2) is 27.9 Å². The predicted molar refractivity (Wildman–Crippen MR) is 140 cm³/mol. The third kappa shape index (κ3) is 5.54. The Balaban J connectivity index is 1.75. The van der Waals surface area contributed by atoms with E-state index in [-0.39, 0.29) is 16.6 Å². The molecule has 3 aromatic rings. The summed E-state index contributed by atoms with van der Waals surface area (Å²) in [5.74, 6) is -0.0889. The van der Waals surface area contributed by atoms with Gasteiger partial charge in [-0.25, -0.2) is 18.1 Å². The number of H-pyrrole nitrogens is 1. The molecule has 1 aliphatic rings. The number of aromatic nitrogens is 4. The van der Waals surface area contributed by atoms with Gasteiger partial charge in [0.2, 0.25) is 5.91 Å². The largest absolute Gasteiger partial charge is 0.493 e. The number of nitrogens with zero attached hydrogens (tertiary/aromatic N) is 4. The fraction of sp³-hybridized carbons (Fsp3) is 0.520. The maximum Gasteiger partial charge on any atom is 0.277 e. The molecule has 4 rings (SSSR count). The average Bonchev–Trinajstić information content (AvgIpc) is 3.44. The van der Waals surface area contributed by atoms with Crippen molar-refractivity contribution in [2.75, 3.05) is 26.2 Å². The van der Waals surface area contributed by atoms with Crippen LogP contribution in [0.1, 0.15) is 39.8 Å². The van der Waals surface area contributed by atoms with Crippen LogP contribution in [0.2, 0.25) is 0 Å². The maximum atomic E-state index is 13.2. The number of sulfonamides is 1. The summed E-state index contributed by atoms with van der Waals surface area (Å²) in [6.07, 6.45) is 1.24. The molecule has 1 fully saturated rings. The van der Waals surface area contributed by atoms with Crippen LogP contribution in [0, 0.1) is 11.8 Å². The second-order valence-electron chi connectivity index (χ2n) is 9.72. The molecule has 1 atom stereocenters. The molecule has 12 heteroatoms. The van der Waals surface area contributed by atoms with Gasteiger partial charge >= 0.3 is 0 Å². The first-order valence-electron chi connectivity index (χ1n) is 12.6. The van der Waals surface area contributed by atoms with Crippen molar-refractivity contribution in [3.8, 4) is 17.1 Å². The number of amides is 1. The molecular weight excluding hydrogens is 496 g/mol. The van der Waals surface area contributed by atoms with Gasteiger partial charge < -0.3 is 14.6 Å². The molecule has 2 N–H and O–H groups in total. The Bertz CT molecular complexity index is 1480. The van der Waals surface area contributed by atoms with Crippen molar-refractivity contribution >= 4 is 27.0 Å². The SMILES string of the molecule is CCOc1ccc(S(=O)(=O)NC(=O)C2CCN(CC)C2)cc1-c1nc2c(CC(C)C)nn(C)c2c(=O)[nH]1. The lowest BCUT2D eigenvalue weighted by molar-refractivity contribution is -0.122. The molecule has 0 bridgehead atoms. The first-order valence-corrected chi connectivity index (χ1v) is 14.0. The van der Waals surface area contributed by atoms with Crippen LogP contribution in [0.5, 0.6) is 5.75 Å². The lowest BCUT2D eigenvalue weighted by atomic mass is 10.1. The van der Waals surface area contributed by atoms with Gasteiger partial charge in [0.05, 0.1) is 28.7 Å². The van der Waals surface area contributed by atoms with E-state index < -0.39 is 21.5 Å². The van der Waals surface area contributed by atoms with Crippen LogP contribution in [0.4, 0.5) is 0 Å². The zero-order valence-electron chi connectivity index (χ0n) is 21.9. The van der Waals surface area contributed by atoms with Gasteiger partial charge in [-0.05, 0) is 57.0 Å². The highest BCUT2D eigenvalue weighted by Gasteiger charge is 2.31. The summed E-state index contributed by atoms with van der Waals surface area (Å²) < 4.78 is 35.8. The fourth-order valence-corrected chi connectivity index (χ4v) is 5.72. The molecular formula is C25H34N6O5S. The first-order chi connectivity index (χ1) is 17.5. The number of benzene rings is 1. The molecule has 200 valence electrons. The molecule has 0 aliphatic carbocycles. The van der Waals surface area contributed by atoms with Crippen LogP contribution in [-0.2, 0) is 28.3 Å². The summed E-state index contributed by atoms with van der Waals surface area (Å²) in [7, 11) is -2.48. The number of hydrogen-bond donors (Lipinski definition) is 2. The molecule has 11 nitrogen and oxygen atoms in total. The maximum absolute atomic E-state index is 13.2. The van der Waals surface area contributed by atoms with Crippen LogP contribution >= 0.6 is 0 Å². The molecule has 1 aliphatic heterocycles. The van der Waals surface area contributed by atoms with E-state index in [0.29, 0.717) is 60.0 Å². The van der Waals surface area contributed by atoms with Crippen molar-refractivity contribution < 1.29 is 17.9 Å². The van der Waals surface area contributed by atoms with E-state index in [1.165, 1.54) is 22.9 Å². The minimum absolute atomic E-state index is 0.124. The van der Waals surface area contributed by atoms with Gasteiger partial charge in [-0.2, -0.15) is 5.10 Å². The Labute approximate surface area is 216 Å². The van der Waals surface area contributed by atoms with Crippen molar-refractivity contribution in [2.24, 2.45) is 18.9 Å². The number of fused-ring (bicyclic) bond motifs is 1. The standard InChI is InChI=1S/C25H34N6O5S/c1-6-31-11-10-16(14-31)24(32)29-37(34,35)17-8-9-20(36-7-2)18(13-17)23-26-21-19(12-15(3)4)28-30(5)22(21)25(33)27-23/h8-9,13,15-16H,6-7,10-12,14H2,1-5H3,(H,29,32)(H,26,27,33). The van der Waals surface area contributed by atoms with Crippen LogP contribution in [-0.4, -0.2) is 65.2 Å². The number of hydrogen-bond acceptors (Lipinski definition) is 8. The third-order valence-electron chi connectivity index (χ3n) is 6.51. The summed E-state index contributed by atoms with van der Waals surface area (Å²) >= 11 is 0. The molecule has 0 radical (unpaired) electrons. The van der Waals surface area contributed by atoms with Gasteiger partial charge in [0.15, 0.2) is 5.52 Å². The minimum Gasteiger partial charge on any atom is -0.493 e. The summed E-state index contributed by atoms with van der Waals surface area (Å²) in [4.78, 5) is 35.2. The predicted octanol–water partition coefficient (Wildman–Crippen LogP) is 2.07. The summed E-state index contributed by atoms with van der Waals surface area (Å²) in [6.45, 7) is 10.3. The zero-order chi connectivity index (χ0) is 26.9. The molecule has 1 saturated heterocycles. The Morgan fingerprint density at radius 1 is 1.30 bits per heavy atom. The van der Waals surface area contributed by atoms with Gasteiger partial charge in [0.1, 0.15) is 17.1 Å². The van der Waals surface area contributed by atoms with Crippen molar-refractivity contribution in [3.63, 3.8) is 0 Å². The minimum atomic E-state index is -4.17. The second kappa shape index (κ2) is 10.6. The lowest BCUT2D eigenvalue weighted by Gasteiger charge is -2.15. The fourth-order valence-electron chi connectivity index (χ4n) is 4.65. The Morgan fingerprint density at radius 2 is 2.05 bits per heavy atom. The van der Waals surface area contributed by atoms with E-state index in [0.717, 1.165) is 13.1 Å².